The maximum atomic E-state index is 6.01. The highest BCUT2D eigenvalue weighted by Gasteiger charge is 2.25. The number of hydrogen-bond donors (Lipinski definition) is 0. The summed E-state index contributed by atoms with van der Waals surface area (Å²) in [4.78, 5) is 14.2. The van der Waals surface area contributed by atoms with E-state index in [9.17, 15) is 0 Å². The SMILES string of the molecule is CO/N=C(\c1ccc(Cl)cc1)C(CN1CCN(c2ccccn2)CC1)OC. The second-order valence-electron chi connectivity index (χ2n) is 6.37. The van der Waals surface area contributed by atoms with Gasteiger partial charge in [-0.2, -0.15) is 0 Å². The van der Waals surface area contributed by atoms with Crippen LogP contribution < -0.4 is 4.90 Å². The molecular weight excluding hydrogens is 364 g/mol. The predicted molar refractivity (Wildman–Crippen MR) is 109 cm³/mol. The number of pyridine rings is 1. The number of rotatable bonds is 7. The normalized spacial score (nSPS) is 17.0. The smallest absolute Gasteiger partial charge is 0.128 e. The number of aromatic nitrogens is 1. The molecule has 0 N–H and O–H groups in total. The number of oxime groups is 1. The maximum Gasteiger partial charge on any atom is 0.128 e. The van der Waals surface area contributed by atoms with Gasteiger partial charge in [-0.25, -0.2) is 4.98 Å². The van der Waals surface area contributed by atoms with Gasteiger partial charge in [-0.05, 0) is 24.3 Å². The van der Waals surface area contributed by atoms with Crippen LogP contribution in [0.4, 0.5) is 5.82 Å². The van der Waals surface area contributed by atoms with Gasteiger partial charge < -0.3 is 14.5 Å². The highest BCUT2D eigenvalue weighted by Crippen LogP contribution is 2.16. The van der Waals surface area contributed by atoms with Crippen LogP contribution in [-0.4, -0.2) is 68.6 Å². The van der Waals surface area contributed by atoms with Crippen molar-refractivity contribution in [2.75, 3.05) is 51.8 Å². The Hall–Kier alpha value is -2.15. The molecule has 1 aromatic carbocycles. The molecule has 6 nitrogen and oxygen atoms in total. The second-order valence-corrected chi connectivity index (χ2v) is 6.80. The summed E-state index contributed by atoms with van der Waals surface area (Å²) in [6.45, 7) is 4.50. The lowest BCUT2D eigenvalue weighted by Gasteiger charge is -2.36. The molecule has 0 bridgehead atoms. The molecule has 0 saturated carbocycles. The maximum absolute atomic E-state index is 6.01. The Labute approximate surface area is 165 Å². The molecule has 0 spiro atoms. The van der Waals surface area contributed by atoms with Crippen LogP contribution in [-0.2, 0) is 9.57 Å². The topological polar surface area (TPSA) is 50.2 Å². The number of piperazine rings is 1. The van der Waals surface area contributed by atoms with Gasteiger partial charge in [-0.15, -0.1) is 0 Å². The Bertz CT molecular complexity index is 731. The summed E-state index contributed by atoms with van der Waals surface area (Å²) in [7, 11) is 3.25. The molecule has 1 unspecified atom stereocenters. The van der Waals surface area contributed by atoms with Crippen LogP contribution in [0.5, 0.6) is 0 Å². The first-order valence-corrected chi connectivity index (χ1v) is 9.37. The number of ether oxygens (including phenoxy) is 1. The molecule has 0 amide bonds. The average molecular weight is 389 g/mol. The van der Waals surface area contributed by atoms with Crippen molar-refractivity contribution in [3.63, 3.8) is 0 Å². The predicted octanol–water partition coefficient (Wildman–Crippen LogP) is 2.92. The van der Waals surface area contributed by atoms with E-state index in [1.165, 1.54) is 0 Å². The third-order valence-electron chi connectivity index (χ3n) is 4.69. The van der Waals surface area contributed by atoms with Crippen LogP contribution in [0.2, 0.25) is 5.02 Å². The highest BCUT2D eigenvalue weighted by molar-refractivity contribution is 6.30. The van der Waals surface area contributed by atoms with Gasteiger partial charge in [0.15, 0.2) is 0 Å². The number of anilines is 1. The fourth-order valence-corrected chi connectivity index (χ4v) is 3.35. The summed E-state index contributed by atoms with van der Waals surface area (Å²) in [5.41, 5.74) is 1.71. The summed E-state index contributed by atoms with van der Waals surface area (Å²) in [5.74, 6) is 1.03. The van der Waals surface area contributed by atoms with E-state index in [-0.39, 0.29) is 6.10 Å². The van der Waals surface area contributed by atoms with Crippen molar-refractivity contribution in [3.8, 4) is 0 Å². The monoisotopic (exact) mass is 388 g/mol. The van der Waals surface area contributed by atoms with E-state index in [1.807, 2.05) is 42.6 Å². The molecule has 0 radical (unpaired) electrons. The Balaban J connectivity index is 1.64. The Morgan fingerprint density at radius 2 is 1.85 bits per heavy atom. The van der Waals surface area contributed by atoms with Crippen molar-refractivity contribution in [3.05, 3.63) is 59.2 Å². The molecule has 2 aromatic rings. The molecule has 1 atom stereocenters. The van der Waals surface area contributed by atoms with Gasteiger partial charge in [-0.3, -0.25) is 4.90 Å². The van der Waals surface area contributed by atoms with Gasteiger partial charge in [0, 0.05) is 56.6 Å². The van der Waals surface area contributed by atoms with E-state index in [0.717, 1.165) is 49.8 Å². The first-order chi connectivity index (χ1) is 13.2. The zero-order chi connectivity index (χ0) is 19.1. The van der Waals surface area contributed by atoms with Crippen LogP contribution in [0.3, 0.4) is 0 Å². The van der Waals surface area contributed by atoms with Crippen molar-refractivity contribution >= 4 is 23.1 Å². The van der Waals surface area contributed by atoms with Crippen LogP contribution in [0.1, 0.15) is 5.56 Å². The minimum absolute atomic E-state index is 0.187. The Kier molecular flexibility index (Phi) is 7.04. The van der Waals surface area contributed by atoms with Crippen LogP contribution in [0, 0.1) is 0 Å². The fraction of sp³-hybridized carbons (Fsp3) is 0.400. The largest absolute Gasteiger partial charge is 0.399 e. The van der Waals surface area contributed by atoms with E-state index in [2.05, 4.69) is 26.0 Å². The number of halogens is 1. The first kappa shape index (κ1) is 19.6. The summed E-state index contributed by atoms with van der Waals surface area (Å²) in [6, 6.07) is 13.6. The Morgan fingerprint density at radius 3 is 2.44 bits per heavy atom. The lowest BCUT2D eigenvalue weighted by atomic mass is 10.0. The van der Waals surface area contributed by atoms with Crippen molar-refractivity contribution in [1.29, 1.82) is 0 Å². The zero-order valence-electron chi connectivity index (χ0n) is 15.7. The quantitative estimate of drug-likeness (QED) is 0.539. The summed E-state index contributed by atoms with van der Waals surface area (Å²) < 4.78 is 5.75. The standard InChI is InChI=1S/C20H25ClN4O2/c1-26-18(20(23-27-2)16-6-8-17(21)9-7-16)15-24-11-13-25(14-12-24)19-5-3-4-10-22-19/h3-10,18H,11-15H2,1-2H3/b23-20+. The minimum atomic E-state index is -0.187. The third kappa shape index (κ3) is 5.19. The van der Waals surface area contributed by atoms with E-state index < -0.39 is 0 Å². The molecule has 7 heteroatoms. The molecule has 144 valence electrons. The molecule has 27 heavy (non-hydrogen) atoms. The molecule has 1 aromatic heterocycles. The molecule has 3 rings (SSSR count). The van der Waals surface area contributed by atoms with E-state index in [4.69, 9.17) is 21.2 Å². The van der Waals surface area contributed by atoms with Gasteiger partial charge in [-0.1, -0.05) is 35.0 Å². The van der Waals surface area contributed by atoms with Crippen LogP contribution >= 0.6 is 11.6 Å². The third-order valence-corrected chi connectivity index (χ3v) is 4.94. The lowest BCUT2D eigenvalue weighted by molar-refractivity contribution is 0.102. The molecule has 1 saturated heterocycles. The number of methoxy groups -OCH3 is 1. The number of benzene rings is 1. The van der Waals surface area contributed by atoms with E-state index in [0.29, 0.717) is 5.02 Å². The van der Waals surface area contributed by atoms with Gasteiger partial charge in [0.05, 0.1) is 0 Å². The van der Waals surface area contributed by atoms with Gasteiger partial charge in [0.1, 0.15) is 24.7 Å². The van der Waals surface area contributed by atoms with Gasteiger partial charge in [0.2, 0.25) is 0 Å². The van der Waals surface area contributed by atoms with E-state index >= 15 is 0 Å². The van der Waals surface area contributed by atoms with E-state index in [1.54, 1.807) is 14.2 Å². The molecule has 1 fully saturated rings. The zero-order valence-corrected chi connectivity index (χ0v) is 16.5. The lowest BCUT2D eigenvalue weighted by Crippen LogP contribution is -2.50. The molecule has 1 aliphatic heterocycles. The highest BCUT2D eigenvalue weighted by atomic mass is 35.5. The summed E-state index contributed by atoms with van der Waals surface area (Å²) in [6.07, 6.45) is 1.65. The van der Waals surface area contributed by atoms with Crippen molar-refractivity contribution in [2.45, 2.75) is 6.10 Å². The Morgan fingerprint density at radius 1 is 1.11 bits per heavy atom. The average Bonchev–Trinajstić information content (AvgIpc) is 2.72. The van der Waals surface area contributed by atoms with Crippen molar-refractivity contribution in [2.24, 2.45) is 5.16 Å². The van der Waals surface area contributed by atoms with Crippen LogP contribution in [0.25, 0.3) is 0 Å². The fourth-order valence-electron chi connectivity index (χ4n) is 3.22. The summed E-state index contributed by atoms with van der Waals surface area (Å²) in [5, 5.41) is 4.91. The molecular formula is C20H25ClN4O2. The number of hydrogen-bond acceptors (Lipinski definition) is 6. The van der Waals surface area contributed by atoms with Crippen molar-refractivity contribution in [1.82, 2.24) is 9.88 Å². The van der Waals surface area contributed by atoms with Gasteiger partial charge >= 0.3 is 0 Å². The minimum Gasteiger partial charge on any atom is -0.399 e. The second kappa shape index (κ2) is 9.69. The first-order valence-electron chi connectivity index (χ1n) is 8.99. The summed E-state index contributed by atoms with van der Waals surface area (Å²) >= 11 is 6.01. The molecule has 1 aliphatic rings. The molecule has 0 aliphatic carbocycles. The van der Waals surface area contributed by atoms with Crippen LogP contribution in [0.15, 0.2) is 53.8 Å². The number of nitrogens with zero attached hydrogens (tertiary/aromatic N) is 4. The molecule has 2 heterocycles. The van der Waals surface area contributed by atoms with Crippen molar-refractivity contribution < 1.29 is 9.57 Å². The van der Waals surface area contributed by atoms with Gasteiger partial charge in [0.25, 0.3) is 0 Å².